The van der Waals surface area contributed by atoms with Crippen molar-refractivity contribution in [2.24, 2.45) is 0 Å². The van der Waals surface area contributed by atoms with E-state index >= 15 is 0 Å². The molecule has 0 unspecified atom stereocenters. The fourth-order valence-corrected chi connectivity index (χ4v) is 3.20. The summed E-state index contributed by atoms with van der Waals surface area (Å²) in [6.45, 7) is 1.96. The molecule has 5 nitrogen and oxygen atoms in total. The van der Waals surface area contributed by atoms with Gasteiger partial charge in [0.25, 0.3) is 0 Å². The Labute approximate surface area is 151 Å². The third-order valence-corrected chi connectivity index (χ3v) is 4.81. The lowest BCUT2D eigenvalue weighted by atomic mass is 10.0. The molecule has 0 spiro atoms. The minimum Gasteiger partial charge on any atom is -0.478 e. The van der Waals surface area contributed by atoms with Gasteiger partial charge in [-0.1, -0.05) is 58.3 Å². The molecule has 1 fully saturated rings. The maximum absolute atomic E-state index is 9.99. The highest BCUT2D eigenvalue weighted by atomic mass is 32.1. The maximum Gasteiger partial charge on any atom is 0.160 e. The second-order valence-corrected chi connectivity index (χ2v) is 7.10. The smallest absolute Gasteiger partial charge is 0.160 e. The number of hydrogen-bond acceptors (Lipinski definition) is 6. The van der Waals surface area contributed by atoms with E-state index in [2.05, 4.69) is 6.92 Å². The second-order valence-electron chi connectivity index (χ2n) is 6.65. The van der Waals surface area contributed by atoms with E-state index in [0.29, 0.717) is 11.5 Å². The molecule has 0 amide bonds. The Hall–Kier alpha value is -0.270. The van der Waals surface area contributed by atoms with Gasteiger partial charge in [-0.15, -0.1) is 0 Å². The molecule has 1 rings (SSSR count). The van der Waals surface area contributed by atoms with E-state index < -0.39 is 24.4 Å². The number of rotatable bonds is 12. The summed E-state index contributed by atoms with van der Waals surface area (Å²) in [5.41, 5.74) is 0. The zero-order chi connectivity index (χ0) is 17.8. The molecular weight excluding hydrogens is 328 g/mol. The molecule has 1 saturated heterocycles. The second kappa shape index (κ2) is 13.0. The third-order valence-electron chi connectivity index (χ3n) is 4.51. The zero-order valence-electron chi connectivity index (χ0n) is 14.9. The molecule has 24 heavy (non-hydrogen) atoms. The van der Waals surface area contributed by atoms with E-state index in [0.717, 1.165) is 12.8 Å². The molecule has 3 N–H and O–H groups in total. The lowest BCUT2D eigenvalue weighted by molar-refractivity contribution is -0.190. The van der Waals surface area contributed by atoms with Gasteiger partial charge in [0.2, 0.25) is 0 Å². The number of aliphatic hydroxyl groups excluding tert-OH is 3. The van der Waals surface area contributed by atoms with E-state index in [1.165, 1.54) is 44.9 Å². The van der Waals surface area contributed by atoms with Gasteiger partial charge in [-0.2, -0.15) is 0 Å². The Balaban J connectivity index is 2.12. The van der Waals surface area contributed by atoms with Crippen LogP contribution in [0.5, 0.6) is 0 Å². The minimum atomic E-state index is -1.09. The molecule has 142 valence electrons. The van der Waals surface area contributed by atoms with Crippen LogP contribution in [0.15, 0.2) is 0 Å². The molecular formula is C18H34O5S. The maximum atomic E-state index is 9.99. The van der Waals surface area contributed by atoms with Crippen LogP contribution in [0.3, 0.4) is 0 Å². The first kappa shape index (κ1) is 21.8. The van der Waals surface area contributed by atoms with Crippen molar-refractivity contribution in [3.8, 4) is 0 Å². The van der Waals surface area contributed by atoms with Crippen molar-refractivity contribution in [3.05, 3.63) is 0 Å². The molecule has 6 heteroatoms. The highest BCUT2D eigenvalue weighted by Gasteiger charge is 2.40. The normalized spacial score (nSPS) is 27.2. The van der Waals surface area contributed by atoms with Crippen molar-refractivity contribution in [1.82, 2.24) is 0 Å². The highest BCUT2D eigenvalue weighted by molar-refractivity contribution is 7.80. The van der Waals surface area contributed by atoms with Crippen LogP contribution in [-0.2, 0) is 9.47 Å². The fourth-order valence-electron chi connectivity index (χ4n) is 2.95. The van der Waals surface area contributed by atoms with Crippen molar-refractivity contribution in [2.45, 2.75) is 95.5 Å². The van der Waals surface area contributed by atoms with Crippen molar-refractivity contribution in [3.63, 3.8) is 0 Å². The molecule has 0 bridgehead atoms. The van der Waals surface area contributed by atoms with Crippen molar-refractivity contribution >= 4 is 17.3 Å². The van der Waals surface area contributed by atoms with Crippen molar-refractivity contribution < 1.29 is 24.8 Å². The van der Waals surface area contributed by atoms with Gasteiger partial charge in [0.1, 0.15) is 18.3 Å². The van der Waals surface area contributed by atoms with Crippen LogP contribution < -0.4 is 0 Å². The van der Waals surface area contributed by atoms with Gasteiger partial charge < -0.3 is 24.8 Å². The Kier molecular flexibility index (Phi) is 11.8. The number of aliphatic hydroxyl groups is 3. The first-order chi connectivity index (χ1) is 11.6. The number of ether oxygens (including phenoxy) is 2. The highest BCUT2D eigenvalue weighted by Crippen LogP contribution is 2.20. The largest absolute Gasteiger partial charge is 0.478 e. The SMILES string of the molecule is CCCCCCCCCCCC(=S)O[C@@H]1[C@@H](O)[C@H](O)CO[C@H]1CO. The van der Waals surface area contributed by atoms with Crippen LogP contribution in [0.2, 0.25) is 0 Å². The van der Waals surface area contributed by atoms with Gasteiger partial charge in [0.15, 0.2) is 11.2 Å². The summed E-state index contributed by atoms with van der Waals surface area (Å²) >= 11 is 5.22. The average molecular weight is 363 g/mol. The van der Waals surface area contributed by atoms with Crippen molar-refractivity contribution in [1.29, 1.82) is 0 Å². The minimum absolute atomic E-state index is 0.00271. The van der Waals surface area contributed by atoms with Gasteiger partial charge >= 0.3 is 0 Å². The van der Waals surface area contributed by atoms with E-state index in [-0.39, 0.29) is 13.2 Å². The lowest BCUT2D eigenvalue weighted by Gasteiger charge is -2.37. The van der Waals surface area contributed by atoms with Gasteiger partial charge in [-0.3, -0.25) is 0 Å². The summed E-state index contributed by atoms with van der Waals surface area (Å²) in [5.74, 6) is 0. The third kappa shape index (κ3) is 8.21. The molecule has 0 saturated carbocycles. The Morgan fingerprint density at radius 2 is 1.62 bits per heavy atom. The molecule has 1 heterocycles. The van der Waals surface area contributed by atoms with Gasteiger partial charge in [-0.05, 0) is 18.6 Å². The van der Waals surface area contributed by atoms with Crippen LogP contribution in [0.1, 0.15) is 71.1 Å². The molecule has 0 aromatic carbocycles. The predicted octanol–water partition coefficient (Wildman–Crippen LogP) is 2.73. The van der Waals surface area contributed by atoms with E-state index in [9.17, 15) is 15.3 Å². The van der Waals surface area contributed by atoms with Crippen LogP contribution >= 0.6 is 12.2 Å². The topological polar surface area (TPSA) is 79.2 Å². The zero-order valence-corrected chi connectivity index (χ0v) is 15.7. The summed E-state index contributed by atoms with van der Waals surface area (Å²) in [6, 6.07) is 0. The van der Waals surface area contributed by atoms with Gasteiger partial charge in [-0.25, -0.2) is 0 Å². The summed E-state index contributed by atoms with van der Waals surface area (Å²) in [5, 5.41) is 29.3. The lowest BCUT2D eigenvalue weighted by Crippen LogP contribution is -2.55. The molecule has 0 radical (unpaired) electrons. The van der Waals surface area contributed by atoms with E-state index in [1.807, 2.05) is 0 Å². The Morgan fingerprint density at radius 3 is 2.21 bits per heavy atom. The summed E-state index contributed by atoms with van der Waals surface area (Å²) in [4.78, 5) is 0. The quantitative estimate of drug-likeness (QED) is 0.366. The van der Waals surface area contributed by atoms with Crippen LogP contribution in [0.4, 0.5) is 0 Å². The molecule has 1 aliphatic rings. The summed E-state index contributed by atoms with van der Waals surface area (Å²) in [6.07, 6.45) is 8.28. The van der Waals surface area contributed by atoms with Gasteiger partial charge in [0, 0.05) is 6.42 Å². The molecule has 4 atom stereocenters. The first-order valence-electron chi connectivity index (χ1n) is 9.38. The van der Waals surface area contributed by atoms with Crippen molar-refractivity contribution in [2.75, 3.05) is 13.2 Å². The molecule has 0 aliphatic carbocycles. The molecule has 0 aromatic rings. The van der Waals surface area contributed by atoms with Crippen LogP contribution in [-0.4, -0.2) is 58.0 Å². The number of hydrogen-bond donors (Lipinski definition) is 3. The van der Waals surface area contributed by atoms with Crippen LogP contribution in [0.25, 0.3) is 0 Å². The van der Waals surface area contributed by atoms with Crippen LogP contribution in [0, 0.1) is 0 Å². The summed E-state index contributed by atoms with van der Waals surface area (Å²) < 4.78 is 10.9. The fraction of sp³-hybridized carbons (Fsp3) is 0.944. The van der Waals surface area contributed by atoms with E-state index in [1.54, 1.807) is 0 Å². The van der Waals surface area contributed by atoms with E-state index in [4.69, 9.17) is 21.7 Å². The van der Waals surface area contributed by atoms with Gasteiger partial charge in [0.05, 0.1) is 13.2 Å². The Morgan fingerprint density at radius 1 is 1.04 bits per heavy atom. The number of unbranched alkanes of at least 4 members (excludes halogenated alkanes) is 8. The summed E-state index contributed by atoms with van der Waals surface area (Å²) in [7, 11) is 0. The average Bonchev–Trinajstić information content (AvgIpc) is 2.58. The Bertz CT molecular complexity index is 337. The molecule has 1 aliphatic heterocycles. The standard InChI is InChI=1S/C18H34O5S/c1-2-3-4-5-6-7-8-9-10-11-16(24)23-18-15(12-19)22-13-14(20)17(18)21/h14-15,17-21H,2-13H2,1H3/t14-,15+,17+,18+/m1/s1. The monoisotopic (exact) mass is 362 g/mol. The predicted molar refractivity (Wildman–Crippen MR) is 98.2 cm³/mol. The first-order valence-corrected chi connectivity index (χ1v) is 9.79. The number of thiocarbonyl (C=S) groups is 1. The molecule has 0 aromatic heterocycles.